The molecular weight excluding hydrogens is 218 g/mol. The third-order valence-electron chi connectivity index (χ3n) is 2.56. The van der Waals surface area contributed by atoms with Crippen LogP contribution in [-0.2, 0) is 9.53 Å². The second-order valence-electron chi connectivity index (χ2n) is 4.61. The number of esters is 1. The summed E-state index contributed by atoms with van der Waals surface area (Å²) in [6, 6.07) is -0.494. The summed E-state index contributed by atoms with van der Waals surface area (Å²) in [6.45, 7) is 5.11. The molecule has 102 valence electrons. The average Bonchev–Trinajstić information content (AvgIpc) is 2.25. The van der Waals surface area contributed by atoms with Crippen LogP contribution in [0.25, 0.3) is 0 Å². The summed E-state index contributed by atoms with van der Waals surface area (Å²) < 4.78 is 4.86. The Balaban J connectivity index is 3.61. The van der Waals surface area contributed by atoms with Gasteiger partial charge in [-0.05, 0) is 60.5 Å². The van der Waals surface area contributed by atoms with Gasteiger partial charge in [-0.3, -0.25) is 4.79 Å². The molecule has 0 saturated carbocycles. The van der Waals surface area contributed by atoms with E-state index in [2.05, 4.69) is 23.9 Å². The van der Waals surface area contributed by atoms with E-state index >= 15 is 0 Å². The van der Waals surface area contributed by atoms with Crippen molar-refractivity contribution in [3.8, 4) is 0 Å². The van der Waals surface area contributed by atoms with E-state index in [0.717, 1.165) is 26.1 Å². The average molecular weight is 245 g/mol. The lowest BCUT2D eigenvalue weighted by atomic mass is 10.2. The molecule has 0 aliphatic carbocycles. The van der Waals surface area contributed by atoms with Gasteiger partial charge in [-0.1, -0.05) is 0 Å². The number of hydrogen-bond donors (Lipinski definition) is 1. The molecule has 0 aliphatic heterocycles. The maximum absolute atomic E-state index is 11.3. The van der Waals surface area contributed by atoms with Crippen molar-refractivity contribution in [1.82, 2.24) is 9.80 Å². The first kappa shape index (κ1) is 16.4. The summed E-state index contributed by atoms with van der Waals surface area (Å²) >= 11 is 0. The highest BCUT2D eigenvalue weighted by atomic mass is 16.5. The van der Waals surface area contributed by atoms with Crippen molar-refractivity contribution in [3.05, 3.63) is 0 Å². The third-order valence-corrected chi connectivity index (χ3v) is 2.56. The van der Waals surface area contributed by atoms with Crippen molar-refractivity contribution in [2.45, 2.75) is 25.8 Å². The summed E-state index contributed by atoms with van der Waals surface area (Å²) in [6.07, 6.45) is 1.77. The molecule has 0 saturated heterocycles. The highest BCUT2D eigenvalue weighted by Gasteiger charge is 2.14. The highest BCUT2D eigenvalue weighted by Crippen LogP contribution is 1.97. The van der Waals surface area contributed by atoms with Crippen molar-refractivity contribution in [3.63, 3.8) is 0 Å². The number of carbonyl (C=O) groups is 1. The van der Waals surface area contributed by atoms with Crippen LogP contribution in [0.5, 0.6) is 0 Å². The standard InChI is InChI=1S/C12H27N3O2/c1-5-17-12(16)11(13)7-10-15(4)9-6-8-14(2)3/h11H,5-10,13H2,1-4H3. The summed E-state index contributed by atoms with van der Waals surface area (Å²) in [7, 11) is 6.18. The maximum Gasteiger partial charge on any atom is 0.322 e. The molecule has 0 aliphatic rings. The van der Waals surface area contributed by atoms with Crippen LogP contribution >= 0.6 is 0 Å². The van der Waals surface area contributed by atoms with Gasteiger partial charge in [0.15, 0.2) is 0 Å². The summed E-state index contributed by atoms with van der Waals surface area (Å²) in [5.41, 5.74) is 5.72. The highest BCUT2D eigenvalue weighted by molar-refractivity contribution is 5.75. The van der Waals surface area contributed by atoms with Crippen LogP contribution in [0.3, 0.4) is 0 Å². The Morgan fingerprint density at radius 2 is 1.88 bits per heavy atom. The zero-order valence-electron chi connectivity index (χ0n) is 11.6. The van der Waals surface area contributed by atoms with E-state index in [-0.39, 0.29) is 5.97 Å². The molecule has 0 amide bonds. The first-order valence-electron chi connectivity index (χ1n) is 6.22. The molecule has 0 aromatic carbocycles. The van der Waals surface area contributed by atoms with Crippen LogP contribution in [0.4, 0.5) is 0 Å². The Kier molecular flexibility index (Phi) is 9.03. The molecule has 0 radical (unpaired) electrons. The smallest absolute Gasteiger partial charge is 0.322 e. The quantitative estimate of drug-likeness (QED) is 0.586. The zero-order chi connectivity index (χ0) is 13.3. The fourth-order valence-corrected chi connectivity index (χ4v) is 1.50. The number of rotatable bonds is 9. The summed E-state index contributed by atoms with van der Waals surface area (Å²) in [5.74, 6) is -0.297. The molecule has 0 bridgehead atoms. The summed E-state index contributed by atoms with van der Waals surface area (Å²) in [4.78, 5) is 15.6. The number of carbonyl (C=O) groups excluding carboxylic acids is 1. The molecule has 0 heterocycles. The van der Waals surface area contributed by atoms with Crippen LogP contribution in [0, 0.1) is 0 Å². The third kappa shape index (κ3) is 9.09. The minimum Gasteiger partial charge on any atom is -0.465 e. The van der Waals surface area contributed by atoms with Crippen LogP contribution in [0.1, 0.15) is 19.8 Å². The largest absolute Gasteiger partial charge is 0.465 e. The molecule has 0 rings (SSSR count). The van der Waals surface area contributed by atoms with Gasteiger partial charge >= 0.3 is 5.97 Å². The van der Waals surface area contributed by atoms with Crippen LogP contribution in [0.2, 0.25) is 0 Å². The monoisotopic (exact) mass is 245 g/mol. The number of hydrogen-bond acceptors (Lipinski definition) is 5. The van der Waals surface area contributed by atoms with E-state index in [9.17, 15) is 4.79 Å². The number of nitrogens with two attached hydrogens (primary N) is 1. The van der Waals surface area contributed by atoms with Gasteiger partial charge in [-0.25, -0.2) is 0 Å². The SMILES string of the molecule is CCOC(=O)C(N)CCN(C)CCCN(C)C. The van der Waals surface area contributed by atoms with Crippen molar-refractivity contribution in [2.75, 3.05) is 47.4 Å². The van der Waals surface area contributed by atoms with Crippen molar-refractivity contribution in [1.29, 1.82) is 0 Å². The Morgan fingerprint density at radius 1 is 1.24 bits per heavy atom. The minimum absolute atomic E-state index is 0.297. The molecule has 0 aromatic rings. The zero-order valence-corrected chi connectivity index (χ0v) is 11.6. The molecule has 2 N–H and O–H groups in total. The molecule has 5 nitrogen and oxygen atoms in total. The Bertz CT molecular complexity index is 210. The topological polar surface area (TPSA) is 58.8 Å². The predicted molar refractivity (Wildman–Crippen MR) is 69.9 cm³/mol. The lowest BCUT2D eigenvalue weighted by Gasteiger charge is -2.19. The predicted octanol–water partition coefficient (Wildman–Crippen LogP) is 0.150. The van der Waals surface area contributed by atoms with Crippen molar-refractivity contribution < 1.29 is 9.53 Å². The van der Waals surface area contributed by atoms with Gasteiger partial charge in [0.2, 0.25) is 0 Å². The van der Waals surface area contributed by atoms with E-state index in [1.54, 1.807) is 6.92 Å². The van der Waals surface area contributed by atoms with E-state index in [1.165, 1.54) is 0 Å². The van der Waals surface area contributed by atoms with Gasteiger partial charge in [0, 0.05) is 0 Å². The molecule has 1 unspecified atom stereocenters. The van der Waals surface area contributed by atoms with Gasteiger partial charge in [-0.15, -0.1) is 0 Å². The van der Waals surface area contributed by atoms with Gasteiger partial charge < -0.3 is 20.3 Å². The second-order valence-corrected chi connectivity index (χ2v) is 4.61. The van der Waals surface area contributed by atoms with Gasteiger partial charge in [-0.2, -0.15) is 0 Å². The lowest BCUT2D eigenvalue weighted by Crippen LogP contribution is -2.36. The number of nitrogens with zero attached hydrogens (tertiary/aromatic N) is 2. The summed E-state index contributed by atoms with van der Waals surface area (Å²) in [5, 5.41) is 0. The molecule has 1 atom stereocenters. The van der Waals surface area contributed by atoms with E-state index in [4.69, 9.17) is 10.5 Å². The molecular formula is C12H27N3O2. The molecule has 0 spiro atoms. The normalized spacial score (nSPS) is 13.1. The molecule has 0 fully saturated rings. The van der Waals surface area contributed by atoms with Crippen molar-refractivity contribution >= 4 is 5.97 Å². The molecule has 0 aromatic heterocycles. The van der Waals surface area contributed by atoms with Gasteiger partial charge in [0.1, 0.15) is 6.04 Å². The molecule has 17 heavy (non-hydrogen) atoms. The molecule has 5 heteroatoms. The van der Waals surface area contributed by atoms with Gasteiger partial charge in [0.05, 0.1) is 6.61 Å². The first-order valence-corrected chi connectivity index (χ1v) is 6.22. The fraction of sp³-hybridized carbons (Fsp3) is 0.917. The van der Waals surface area contributed by atoms with Crippen LogP contribution in [-0.4, -0.2) is 69.2 Å². The Labute approximate surface area is 105 Å². The number of ether oxygens (including phenoxy) is 1. The van der Waals surface area contributed by atoms with E-state index < -0.39 is 6.04 Å². The van der Waals surface area contributed by atoms with E-state index in [1.807, 2.05) is 7.05 Å². The first-order chi connectivity index (χ1) is 7.97. The maximum atomic E-state index is 11.3. The van der Waals surface area contributed by atoms with Crippen molar-refractivity contribution in [2.24, 2.45) is 5.73 Å². The van der Waals surface area contributed by atoms with Gasteiger partial charge in [0.25, 0.3) is 0 Å². The Morgan fingerprint density at radius 3 is 2.41 bits per heavy atom. The second kappa shape index (κ2) is 9.39. The van der Waals surface area contributed by atoms with Crippen LogP contribution < -0.4 is 5.73 Å². The fourth-order valence-electron chi connectivity index (χ4n) is 1.50. The van der Waals surface area contributed by atoms with E-state index in [0.29, 0.717) is 13.0 Å². The minimum atomic E-state index is -0.494. The Hall–Kier alpha value is -0.650. The lowest BCUT2D eigenvalue weighted by molar-refractivity contribution is -0.144. The van der Waals surface area contributed by atoms with Crippen LogP contribution in [0.15, 0.2) is 0 Å².